The number of halogens is 2. The van der Waals surface area contributed by atoms with Crippen molar-refractivity contribution in [1.29, 1.82) is 5.26 Å². The fourth-order valence-electron chi connectivity index (χ4n) is 4.05. The van der Waals surface area contributed by atoms with E-state index in [9.17, 15) is 13.2 Å². The van der Waals surface area contributed by atoms with Gasteiger partial charge in [-0.15, -0.1) is 0 Å². The smallest absolute Gasteiger partial charge is 0.244 e. The molecular formula is C21H20Cl2N4O3S. The first-order valence-corrected chi connectivity index (χ1v) is 12.0. The molecule has 1 unspecified atom stereocenters. The van der Waals surface area contributed by atoms with Crippen molar-refractivity contribution in [2.75, 3.05) is 37.6 Å². The minimum absolute atomic E-state index is 0.000879. The number of hydrogen-bond donors (Lipinski definition) is 0. The summed E-state index contributed by atoms with van der Waals surface area (Å²) in [4.78, 5) is 16.8. The Balaban J connectivity index is 1.42. The van der Waals surface area contributed by atoms with Crippen molar-refractivity contribution in [3.8, 4) is 6.07 Å². The van der Waals surface area contributed by atoms with E-state index >= 15 is 0 Å². The van der Waals surface area contributed by atoms with Crippen LogP contribution in [0.25, 0.3) is 0 Å². The van der Waals surface area contributed by atoms with Crippen LogP contribution >= 0.6 is 23.2 Å². The lowest BCUT2D eigenvalue weighted by Gasteiger charge is -2.36. The monoisotopic (exact) mass is 478 g/mol. The number of piperazine rings is 1. The molecule has 1 atom stereocenters. The van der Waals surface area contributed by atoms with Crippen LogP contribution in [0.4, 0.5) is 5.69 Å². The number of amides is 1. The van der Waals surface area contributed by atoms with Gasteiger partial charge >= 0.3 is 0 Å². The highest BCUT2D eigenvalue weighted by Gasteiger charge is 2.39. The van der Waals surface area contributed by atoms with Gasteiger partial charge in [-0.1, -0.05) is 23.2 Å². The lowest BCUT2D eigenvalue weighted by Crippen LogP contribution is -2.53. The number of hydrogen-bond acceptors (Lipinski definition) is 5. The van der Waals surface area contributed by atoms with E-state index < -0.39 is 10.0 Å². The fourth-order valence-corrected chi connectivity index (χ4v) is 6.20. The molecular weight excluding hydrogens is 459 g/mol. The van der Waals surface area contributed by atoms with Gasteiger partial charge in [-0.25, -0.2) is 8.42 Å². The van der Waals surface area contributed by atoms with Crippen molar-refractivity contribution in [3.05, 3.63) is 58.1 Å². The first kappa shape index (κ1) is 22.1. The van der Waals surface area contributed by atoms with Gasteiger partial charge in [-0.05, 0) is 48.9 Å². The molecule has 1 amide bonds. The minimum Gasteiger partial charge on any atom is -0.311 e. The van der Waals surface area contributed by atoms with Gasteiger partial charge in [0, 0.05) is 43.4 Å². The molecule has 2 saturated heterocycles. The first-order valence-electron chi connectivity index (χ1n) is 9.82. The third-order valence-corrected chi connectivity index (χ3v) is 8.33. The Hall–Kier alpha value is -2.15. The average molecular weight is 479 g/mol. The molecule has 0 N–H and O–H groups in total. The summed E-state index contributed by atoms with van der Waals surface area (Å²) in [6.07, 6.45) is 0.672. The Morgan fingerprint density at radius 3 is 2.29 bits per heavy atom. The van der Waals surface area contributed by atoms with Crippen LogP contribution < -0.4 is 4.90 Å². The van der Waals surface area contributed by atoms with Crippen LogP contribution in [0.5, 0.6) is 0 Å². The first-order chi connectivity index (χ1) is 14.8. The maximum atomic E-state index is 13.0. The van der Waals surface area contributed by atoms with Gasteiger partial charge in [0.25, 0.3) is 0 Å². The van der Waals surface area contributed by atoms with E-state index in [-0.39, 0.29) is 35.0 Å². The normalized spacial score (nSPS) is 20.7. The molecule has 0 aliphatic carbocycles. The van der Waals surface area contributed by atoms with Crippen molar-refractivity contribution < 1.29 is 13.2 Å². The number of nitrogens with zero attached hydrogens (tertiary/aromatic N) is 4. The van der Waals surface area contributed by atoms with Crippen LogP contribution in [0.3, 0.4) is 0 Å². The Bertz CT molecular complexity index is 1140. The third-order valence-electron chi connectivity index (χ3n) is 5.71. The van der Waals surface area contributed by atoms with Gasteiger partial charge in [0.05, 0.1) is 22.7 Å². The van der Waals surface area contributed by atoms with Gasteiger partial charge in [0.15, 0.2) is 0 Å². The van der Waals surface area contributed by atoms with Crippen molar-refractivity contribution in [1.82, 2.24) is 9.21 Å². The molecule has 4 rings (SSSR count). The van der Waals surface area contributed by atoms with Gasteiger partial charge in [-0.2, -0.15) is 9.57 Å². The van der Waals surface area contributed by atoms with Crippen LogP contribution in [-0.2, 0) is 14.8 Å². The third kappa shape index (κ3) is 4.29. The van der Waals surface area contributed by atoms with Crippen molar-refractivity contribution >= 4 is 44.8 Å². The second-order valence-corrected chi connectivity index (χ2v) is 10.2. The number of carbonyl (C=O) groups excluding carboxylic acids is 1. The van der Waals surface area contributed by atoms with Gasteiger partial charge in [0.2, 0.25) is 15.9 Å². The molecule has 0 radical (unpaired) electrons. The zero-order chi connectivity index (χ0) is 22.2. The largest absolute Gasteiger partial charge is 0.311 e. The Kier molecular flexibility index (Phi) is 6.24. The number of benzene rings is 2. The lowest BCUT2D eigenvalue weighted by molar-refractivity contribution is -0.122. The Labute approximate surface area is 191 Å². The second-order valence-electron chi connectivity index (χ2n) is 7.47. The molecule has 0 bridgehead atoms. The van der Waals surface area contributed by atoms with Crippen molar-refractivity contribution in [3.63, 3.8) is 0 Å². The maximum absolute atomic E-state index is 13.0. The van der Waals surface area contributed by atoms with Crippen LogP contribution in [-0.4, -0.2) is 62.3 Å². The van der Waals surface area contributed by atoms with Crippen LogP contribution in [0.2, 0.25) is 10.0 Å². The van der Waals surface area contributed by atoms with Gasteiger partial charge < -0.3 is 4.90 Å². The van der Waals surface area contributed by atoms with E-state index in [1.165, 1.54) is 16.4 Å². The number of sulfonamides is 1. The zero-order valence-corrected chi connectivity index (χ0v) is 18.9. The Morgan fingerprint density at radius 2 is 1.65 bits per heavy atom. The summed E-state index contributed by atoms with van der Waals surface area (Å²) in [6.45, 7) is 2.04. The fraction of sp³-hybridized carbons (Fsp3) is 0.333. The van der Waals surface area contributed by atoms with E-state index in [4.69, 9.17) is 28.5 Å². The topological polar surface area (TPSA) is 84.7 Å². The highest BCUT2D eigenvalue weighted by Crippen LogP contribution is 2.30. The van der Waals surface area contributed by atoms with Crippen molar-refractivity contribution in [2.45, 2.75) is 17.4 Å². The standard InChI is InChI=1S/C21H20Cl2N4O3S/c22-16-3-6-18(23)20(13-16)31(29,30)26-11-9-25(10-12-26)19-7-8-27(21(19)28)17-4-1-15(14-24)2-5-17/h1-6,13,19H,7-12H2. The lowest BCUT2D eigenvalue weighted by atomic mass is 10.2. The minimum atomic E-state index is -3.77. The zero-order valence-electron chi connectivity index (χ0n) is 16.5. The molecule has 2 aromatic carbocycles. The highest BCUT2D eigenvalue weighted by molar-refractivity contribution is 7.89. The van der Waals surface area contributed by atoms with Crippen molar-refractivity contribution in [2.24, 2.45) is 0 Å². The molecule has 2 fully saturated rings. The average Bonchev–Trinajstić information content (AvgIpc) is 3.16. The van der Waals surface area contributed by atoms with Gasteiger partial charge in [-0.3, -0.25) is 9.69 Å². The Morgan fingerprint density at radius 1 is 0.968 bits per heavy atom. The van der Waals surface area contributed by atoms with E-state index in [1.54, 1.807) is 35.2 Å². The molecule has 0 aromatic heterocycles. The van der Waals surface area contributed by atoms with E-state index in [2.05, 4.69) is 6.07 Å². The molecule has 2 aromatic rings. The maximum Gasteiger partial charge on any atom is 0.244 e. The van der Waals surface area contributed by atoms with Crippen LogP contribution in [0, 0.1) is 11.3 Å². The second kappa shape index (κ2) is 8.77. The molecule has 2 aliphatic rings. The number of rotatable bonds is 4. The summed E-state index contributed by atoms with van der Waals surface area (Å²) in [6, 6.07) is 13.1. The van der Waals surface area contributed by atoms with Crippen LogP contribution in [0.1, 0.15) is 12.0 Å². The molecule has 10 heteroatoms. The molecule has 162 valence electrons. The summed E-state index contributed by atoms with van der Waals surface area (Å²) in [5.74, 6) is -0.00102. The summed E-state index contributed by atoms with van der Waals surface area (Å²) < 4.78 is 27.4. The number of nitriles is 1. The summed E-state index contributed by atoms with van der Waals surface area (Å²) in [7, 11) is -3.77. The molecule has 0 spiro atoms. The van der Waals surface area contributed by atoms with Crippen LogP contribution in [0.15, 0.2) is 47.4 Å². The molecule has 2 aliphatic heterocycles. The quantitative estimate of drug-likeness (QED) is 0.674. The SMILES string of the molecule is N#Cc1ccc(N2CCC(N3CCN(S(=O)(=O)c4cc(Cl)ccc4Cl)CC3)C2=O)cc1. The molecule has 31 heavy (non-hydrogen) atoms. The predicted molar refractivity (Wildman–Crippen MR) is 119 cm³/mol. The van der Waals surface area contributed by atoms with E-state index in [0.29, 0.717) is 36.6 Å². The highest BCUT2D eigenvalue weighted by atomic mass is 35.5. The number of anilines is 1. The molecule has 0 saturated carbocycles. The van der Waals surface area contributed by atoms with E-state index in [1.807, 2.05) is 4.90 Å². The predicted octanol–water partition coefficient (Wildman–Crippen LogP) is 2.98. The molecule has 2 heterocycles. The summed E-state index contributed by atoms with van der Waals surface area (Å²) >= 11 is 12.1. The summed E-state index contributed by atoms with van der Waals surface area (Å²) in [5.41, 5.74) is 1.31. The summed E-state index contributed by atoms with van der Waals surface area (Å²) in [5, 5.41) is 9.38. The van der Waals surface area contributed by atoms with E-state index in [0.717, 1.165) is 5.69 Å². The molecule has 7 nitrogen and oxygen atoms in total. The number of carbonyl (C=O) groups is 1. The van der Waals surface area contributed by atoms with Gasteiger partial charge in [0.1, 0.15) is 4.90 Å².